The third kappa shape index (κ3) is 3.47. The van der Waals surface area contributed by atoms with Crippen LogP contribution in [0.1, 0.15) is 24.0 Å². The van der Waals surface area contributed by atoms with Crippen molar-refractivity contribution < 1.29 is 14.4 Å². The Bertz CT molecular complexity index is 910. The van der Waals surface area contributed by atoms with Crippen LogP contribution in [-0.2, 0) is 33.4 Å². The SMILES string of the molecule is CN(Cc1cnn(C)c1)C(=O)CC1(c2ccccc2Cl)CC(=O)N(C)C1=O. The molecule has 1 fully saturated rings. The van der Waals surface area contributed by atoms with Crippen molar-refractivity contribution in [2.45, 2.75) is 24.8 Å². The van der Waals surface area contributed by atoms with Crippen LogP contribution in [0.2, 0.25) is 5.02 Å². The van der Waals surface area contributed by atoms with E-state index in [2.05, 4.69) is 5.10 Å². The van der Waals surface area contributed by atoms with Gasteiger partial charge < -0.3 is 4.90 Å². The molecule has 7 nitrogen and oxygen atoms in total. The average Bonchev–Trinajstić information content (AvgIpc) is 3.12. The first-order chi connectivity index (χ1) is 12.7. The minimum absolute atomic E-state index is 0.0709. The van der Waals surface area contributed by atoms with Crippen LogP contribution in [0.3, 0.4) is 0 Å². The normalized spacial score (nSPS) is 19.6. The van der Waals surface area contributed by atoms with Crippen molar-refractivity contribution in [1.29, 1.82) is 0 Å². The summed E-state index contributed by atoms with van der Waals surface area (Å²) in [6.45, 7) is 0.364. The van der Waals surface area contributed by atoms with Gasteiger partial charge in [-0.2, -0.15) is 5.10 Å². The van der Waals surface area contributed by atoms with Gasteiger partial charge >= 0.3 is 0 Å². The van der Waals surface area contributed by atoms with Gasteiger partial charge in [-0.15, -0.1) is 0 Å². The first-order valence-corrected chi connectivity index (χ1v) is 8.90. The molecule has 1 aliphatic rings. The molecule has 142 valence electrons. The summed E-state index contributed by atoms with van der Waals surface area (Å²) in [6, 6.07) is 6.88. The van der Waals surface area contributed by atoms with Crippen molar-refractivity contribution in [3.05, 3.63) is 52.8 Å². The number of nitrogens with zero attached hydrogens (tertiary/aromatic N) is 4. The van der Waals surface area contributed by atoms with E-state index in [1.165, 1.54) is 11.9 Å². The van der Waals surface area contributed by atoms with Gasteiger partial charge in [-0.1, -0.05) is 29.8 Å². The van der Waals surface area contributed by atoms with E-state index in [0.717, 1.165) is 10.5 Å². The fraction of sp³-hybridized carbons (Fsp3) is 0.368. The zero-order valence-electron chi connectivity index (χ0n) is 15.5. The standard InChI is InChI=1S/C19H21ClN4O3/c1-22(11-13-10-21-23(2)12-13)16(25)8-19(9-17(26)24(3)18(19)27)14-6-4-5-7-15(14)20/h4-7,10,12H,8-9,11H2,1-3H3. The smallest absolute Gasteiger partial charge is 0.240 e. The summed E-state index contributed by atoms with van der Waals surface area (Å²) in [6.07, 6.45) is 3.32. The molecule has 2 aromatic rings. The number of hydrogen-bond acceptors (Lipinski definition) is 4. The predicted octanol–water partition coefficient (Wildman–Crippen LogP) is 1.75. The average molecular weight is 389 g/mol. The number of rotatable bonds is 5. The van der Waals surface area contributed by atoms with Gasteiger partial charge in [-0.25, -0.2) is 0 Å². The first kappa shape index (κ1) is 19.1. The Morgan fingerprint density at radius 3 is 2.56 bits per heavy atom. The van der Waals surface area contributed by atoms with Crippen LogP contribution in [0.4, 0.5) is 0 Å². The van der Waals surface area contributed by atoms with E-state index in [-0.39, 0.29) is 24.7 Å². The number of carbonyl (C=O) groups excluding carboxylic acids is 3. The molecule has 1 aromatic carbocycles. The Morgan fingerprint density at radius 1 is 1.30 bits per heavy atom. The van der Waals surface area contributed by atoms with E-state index in [1.807, 2.05) is 6.20 Å². The zero-order valence-corrected chi connectivity index (χ0v) is 16.2. The number of imide groups is 1. The summed E-state index contributed by atoms with van der Waals surface area (Å²) in [5.74, 6) is -0.957. The number of aromatic nitrogens is 2. The second-order valence-corrected chi connectivity index (χ2v) is 7.35. The van der Waals surface area contributed by atoms with E-state index in [9.17, 15) is 14.4 Å². The molecule has 1 unspecified atom stereocenters. The second kappa shape index (κ2) is 7.15. The summed E-state index contributed by atoms with van der Waals surface area (Å²) in [7, 11) is 4.91. The minimum atomic E-state index is -1.27. The number of amides is 3. The van der Waals surface area contributed by atoms with Crippen LogP contribution < -0.4 is 0 Å². The molecule has 3 amide bonds. The molecule has 8 heteroatoms. The highest BCUT2D eigenvalue weighted by molar-refractivity contribution is 6.32. The molecule has 27 heavy (non-hydrogen) atoms. The Balaban J connectivity index is 1.90. The maximum Gasteiger partial charge on any atom is 0.240 e. The highest BCUT2D eigenvalue weighted by Crippen LogP contribution is 2.42. The molecule has 0 saturated carbocycles. The fourth-order valence-corrected chi connectivity index (χ4v) is 3.81. The first-order valence-electron chi connectivity index (χ1n) is 8.52. The number of carbonyl (C=O) groups is 3. The van der Waals surface area contributed by atoms with Crippen molar-refractivity contribution in [2.24, 2.45) is 7.05 Å². The molecule has 0 radical (unpaired) electrons. The largest absolute Gasteiger partial charge is 0.341 e. The van der Waals surface area contributed by atoms with Crippen molar-refractivity contribution in [2.75, 3.05) is 14.1 Å². The van der Waals surface area contributed by atoms with Crippen molar-refractivity contribution in [1.82, 2.24) is 19.6 Å². The van der Waals surface area contributed by atoms with Crippen LogP contribution in [-0.4, -0.2) is 51.4 Å². The van der Waals surface area contributed by atoms with Gasteiger partial charge in [0.15, 0.2) is 0 Å². The van der Waals surface area contributed by atoms with Crippen molar-refractivity contribution in [3.63, 3.8) is 0 Å². The Morgan fingerprint density at radius 2 is 2.00 bits per heavy atom. The van der Waals surface area contributed by atoms with E-state index in [1.54, 1.807) is 49.2 Å². The van der Waals surface area contributed by atoms with Crippen LogP contribution in [0.5, 0.6) is 0 Å². The number of benzene rings is 1. The molecular weight excluding hydrogens is 368 g/mol. The number of halogens is 1. The number of hydrogen-bond donors (Lipinski definition) is 0. The second-order valence-electron chi connectivity index (χ2n) is 6.95. The fourth-order valence-electron chi connectivity index (χ4n) is 3.49. The van der Waals surface area contributed by atoms with E-state index < -0.39 is 11.3 Å². The molecule has 1 aliphatic heterocycles. The summed E-state index contributed by atoms with van der Waals surface area (Å²) in [5.41, 5.74) is 0.119. The zero-order chi connectivity index (χ0) is 19.8. The van der Waals surface area contributed by atoms with Gasteiger partial charge in [0.2, 0.25) is 17.7 Å². The molecule has 1 atom stereocenters. The lowest BCUT2D eigenvalue weighted by molar-refractivity contribution is -0.141. The van der Waals surface area contributed by atoms with Crippen LogP contribution >= 0.6 is 11.6 Å². The highest BCUT2D eigenvalue weighted by atomic mass is 35.5. The van der Waals surface area contributed by atoms with Crippen molar-refractivity contribution >= 4 is 29.3 Å². The predicted molar refractivity (Wildman–Crippen MR) is 99.8 cm³/mol. The van der Waals surface area contributed by atoms with E-state index >= 15 is 0 Å². The molecular formula is C19H21ClN4O3. The van der Waals surface area contributed by atoms with Gasteiger partial charge in [-0.05, 0) is 11.6 Å². The topological polar surface area (TPSA) is 75.5 Å². The molecule has 0 N–H and O–H groups in total. The van der Waals surface area contributed by atoms with Gasteiger partial charge in [0.05, 0.1) is 11.6 Å². The van der Waals surface area contributed by atoms with Crippen molar-refractivity contribution in [3.8, 4) is 0 Å². The lowest BCUT2D eigenvalue weighted by Gasteiger charge is -2.29. The van der Waals surface area contributed by atoms with Gasteiger partial charge in [0.25, 0.3) is 0 Å². The maximum absolute atomic E-state index is 13.0. The summed E-state index contributed by atoms with van der Waals surface area (Å²) in [5, 5.41) is 4.46. The van der Waals surface area contributed by atoms with Gasteiger partial charge in [0.1, 0.15) is 0 Å². The molecule has 1 aromatic heterocycles. The summed E-state index contributed by atoms with van der Waals surface area (Å²) >= 11 is 6.33. The minimum Gasteiger partial charge on any atom is -0.341 e. The number of aryl methyl sites for hydroxylation is 1. The molecule has 0 spiro atoms. The Labute approximate surface area is 162 Å². The quantitative estimate of drug-likeness (QED) is 0.731. The van der Waals surface area contributed by atoms with Gasteiger partial charge in [-0.3, -0.25) is 24.0 Å². The summed E-state index contributed by atoms with van der Waals surface area (Å²) < 4.78 is 1.66. The van der Waals surface area contributed by atoms with E-state index in [4.69, 9.17) is 11.6 Å². The third-order valence-electron chi connectivity index (χ3n) is 4.99. The Kier molecular flexibility index (Phi) is 5.06. The number of likely N-dealkylation sites (N-methyl/N-ethyl adjacent to an activating group) is 1. The van der Waals surface area contributed by atoms with Crippen LogP contribution in [0.25, 0.3) is 0 Å². The molecule has 3 rings (SSSR count). The molecule has 0 aliphatic carbocycles. The van der Waals surface area contributed by atoms with E-state index in [0.29, 0.717) is 17.1 Å². The number of likely N-dealkylation sites (tertiary alicyclic amines) is 1. The molecule has 0 bridgehead atoms. The van der Waals surface area contributed by atoms with Crippen LogP contribution in [0, 0.1) is 0 Å². The van der Waals surface area contributed by atoms with Gasteiger partial charge in [0, 0.05) is 57.3 Å². The van der Waals surface area contributed by atoms with Crippen LogP contribution in [0.15, 0.2) is 36.7 Å². The lowest BCUT2D eigenvalue weighted by atomic mass is 9.75. The Hall–Kier alpha value is -2.67. The molecule has 2 heterocycles. The third-order valence-corrected chi connectivity index (χ3v) is 5.32. The summed E-state index contributed by atoms with van der Waals surface area (Å²) in [4.78, 5) is 40.8. The maximum atomic E-state index is 13.0. The monoisotopic (exact) mass is 388 g/mol. The lowest BCUT2D eigenvalue weighted by Crippen LogP contribution is -2.41. The highest BCUT2D eigenvalue weighted by Gasteiger charge is 2.53. The molecule has 1 saturated heterocycles.